The first kappa shape index (κ1) is 11.6. The van der Waals surface area contributed by atoms with Gasteiger partial charge in [0.1, 0.15) is 5.82 Å². The Labute approximate surface area is 97.2 Å². The maximum atomic E-state index is 4.31. The first-order chi connectivity index (χ1) is 7.58. The minimum atomic E-state index is 0.406. The van der Waals surface area contributed by atoms with Crippen LogP contribution in [0.4, 0.5) is 0 Å². The smallest absolute Gasteiger partial charge is 0.164 e. The third-order valence-corrected chi connectivity index (χ3v) is 3.66. The lowest BCUT2D eigenvalue weighted by atomic mass is 9.73. The highest BCUT2D eigenvalue weighted by atomic mass is 15.2. The molecular weight excluding hydrogens is 200 g/mol. The second-order valence-corrected chi connectivity index (χ2v) is 5.50. The van der Waals surface area contributed by atoms with Gasteiger partial charge in [0, 0.05) is 6.04 Å². The van der Waals surface area contributed by atoms with Gasteiger partial charge in [-0.25, -0.2) is 4.98 Å². The van der Waals surface area contributed by atoms with Gasteiger partial charge in [0.05, 0.1) is 6.54 Å². The van der Waals surface area contributed by atoms with E-state index in [2.05, 4.69) is 34.3 Å². The Bertz CT molecular complexity index is 343. The molecule has 0 saturated heterocycles. The van der Waals surface area contributed by atoms with Crippen molar-refractivity contribution in [2.24, 2.45) is 5.41 Å². The quantitative estimate of drug-likeness (QED) is 0.824. The molecule has 0 spiro atoms. The Hall–Kier alpha value is -0.900. The predicted molar refractivity (Wildman–Crippen MR) is 64.0 cm³/mol. The zero-order valence-corrected chi connectivity index (χ0v) is 10.5. The molecule has 1 atom stereocenters. The van der Waals surface area contributed by atoms with Crippen molar-refractivity contribution in [2.45, 2.75) is 59.0 Å². The largest absolute Gasteiger partial charge is 0.306 e. The molecule has 2 N–H and O–H groups in total. The fourth-order valence-electron chi connectivity index (χ4n) is 2.55. The fourth-order valence-corrected chi connectivity index (χ4v) is 2.55. The van der Waals surface area contributed by atoms with E-state index in [0.717, 1.165) is 18.2 Å². The molecule has 4 heteroatoms. The summed E-state index contributed by atoms with van der Waals surface area (Å²) in [7, 11) is 0. The molecule has 0 radical (unpaired) electrons. The van der Waals surface area contributed by atoms with Crippen LogP contribution in [0.2, 0.25) is 0 Å². The van der Waals surface area contributed by atoms with E-state index < -0.39 is 0 Å². The molecule has 0 amide bonds. The summed E-state index contributed by atoms with van der Waals surface area (Å²) in [5, 5.41) is 10.6. The number of H-pyrrole nitrogens is 1. The zero-order chi connectivity index (χ0) is 11.6. The van der Waals surface area contributed by atoms with Crippen molar-refractivity contribution in [3.63, 3.8) is 0 Å². The lowest BCUT2D eigenvalue weighted by molar-refractivity contribution is 0.166. The average molecular weight is 222 g/mol. The molecule has 1 unspecified atom stereocenters. The van der Waals surface area contributed by atoms with E-state index in [0.29, 0.717) is 11.5 Å². The van der Waals surface area contributed by atoms with Crippen LogP contribution in [0, 0.1) is 12.3 Å². The highest BCUT2D eigenvalue weighted by Crippen LogP contribution is 2.35. The highest BCUT2D eigenvalue weighted by molar-refractivity contribution is 4.92. The number of nitrogens with zero attached hydrogens (tertiary/aromatic N) is 2. The molecule has 1 aliphatic rings. The van der Waals surface area contributed by atoms with E-state index >= 15 is 0 Å². The van der Waals surface area contributed by atoms with E-state index in [4.69, 9.17) is 0 Å². The van der Waals surface area contributed by atoms with Gasteiger partial charge < -0.3 is 5.32 Å². The Balaban J connectivity index is 1.89. The molecular formula is C12H22N4. The third kappa shape index (κ3) is 2.61. The summed E-state index contributed by atoms with van der Waals surface area (Å²) >= 11 is 0. The Kier molecular flexibility index (Phi) is 3.28. The van der Waals surface area contributed by atoms with Gasteiger partial charge in [-0.2, -0.15) is 5.10 Å². The van der Waals surface area contributed by atoms with Crippen LogP contribution in [0.15, 0.2) is 0 Å². The second kappa shape index (κ2) is 4.53. The Morgan fingerprint density at radius 1 is 1.44 bits per heavy atom. The molecule has 1 aliphatic carbocycles. The predicted octanol–water partition coefficient (Wildman–Crippen LogP) is 2.17. The van der Waals surface area contributed by atoms with Crippen molar-refractivity contribution in [2.75, 3.05) is 0 Å². The standard InChI is InChI=1S/C12H22N4/c1-9-14-11(16-15-9)8-13-10-6-4-5-7-12(10,2)3/h10,13H,4-8H2,1-3H3,(H,14,15,16). The van der Waals surface area contributed by atoms with Gasteiger partial charge in [0.2, 0.25) is 0 Å². The van der Waals surface area contributed by atoms with E-state index in [1.165, 1.54) is 25.7 Å². The lowest BCUT2D eigenvalue weighted by Crippen LogP contribution is -2.43. The van der Waals surface area contributed by atoms with E-state index in [1.54, 1.807) is 0 Å². The van der Waals surface area contributed by atoms with Crippen LogP contribution in [-0.2, 0) is 6.54 Å². The van der Waals surface area contributed by atoms with Crippen LogP contribution < -0.4 is 5.32 Å². The van der Waals surface area contributed by atoms with Gasteiger partial charge in [-0.3, -0.25) is 5.10 Å². The van der Waals surface area contributed by atoms with Gasteiger partial charge in [-0.1, -0.05) is 26.7 Å². The van der Waals surface area contributed by atoms with Crippen molar-refractivity contribution >= 4 is 0 Å². The highest BCUT2D eigenvalue weighted by Gasteiger charge is 2.31. The van der Waals surface area contributed by atoms with Crippen LogP contribution in [0.25, 0.3) is 0 Å². The third-order valence-electron chi connectivity index (χ3n) is 3.66. The van der Waals surface area contributed by atoms with Crippen LogP contribution in [0.5, 0.6) is 0 Å². The SMILES string of the molecule is Cc1nc(CNC2CCCCC2(C)C)n[nH]1. The Morgan fingerprint density at radius 3 is 2.88 bits per heavy atom. The van der Waals surface area contributed by atoms with Crippen molar-refractivity contribution < 1.29 is 0 Å². The summed E-state index contributed by atoms with van der Waals surface area (Å²) in [5.41, 5.74) is 0.406. The van der Waals surface area contributed by atoms with Gasteiger partial charge >= 0.3 is 0 Å². The van der Waals surface area contributed by atoms with Crippen molar-refractivity contribution in [3.8, 4) is 0 Å². The van der Waals surface area contributed by atoms with Gasteiger partial charge in [0.15, 0.2) is 5.82 Å². The summed E-state index contributed by atoms with van der Waals surface area (Å²) in [6.07, 6.45) is 5.30. The topological polar surface area (TPSA) is 53.6 Å². The molecule has 1 saturated carbocycles. The zero-order valence-electron chi connectivity index (χ0n) is 10.5. The molecule has 0 aliphatic heterocycles. The average Bonchev–Trinajstić information content (AvgIpc) is 2.62. The molecule has 90 valence electrons. The molecule has 1 aromatic rings. The molecule has 0 bridgehead atoms. The summed E-state index contributed by atoms with van der Waals surface area (Å²) in [6, 6.07) is 0.597. The molecule has 2 rings (SSSR count). The monoisotopic (exact) mass is 222 g/mol. The number of nitrogens with one attached hydrogen (secondary N) is 2. The van der Waals surface area contributed by atoms with Crippen molar-refractivity contribution in [3.05, 3.63) is 11.6 Å². The summed E-state index contributed by atoms with van der Waals surface area (Å²) in [6.45, 7) is 7.42. The van der Waals surface area contributed by atoms with Crippen LogP contribution >= 0.6 is 0 Å². The molecule has 16 heavy (non-hydrogen) atoms. The molecule has 4 nitrogen and oxygen atoms in total. The van der Waals surface area contributed by atoms with Gasteiger partial charge in [-0.05, 0) is 25.2 Å². The maximum absolute atomic E-state index is 4.31. The molecule has 0 aromatic carbocycles. The lowest BCUT2D eigenvalue weighted by Gasteiger charge is -2.39. The van der Waals surface area contributed by atoms with E-state index in [-0.39, 0.29) is 0 Å². The number of rotatable bonds is 3. The maximum Gasteiger partial charge on any atom is 0.164 e. The van der Waals surface area contributed by atoms with Crippen molar-refractivity contribution in [1.82, 2.24) is 20.5 Å². The van der Waals surface area contributed by atoms with Gasteiger partial charge in [-0.15, -0.1) is 0 Å². The number of aryl methyl sites for hydroxylation is 1. The van der Waals surface area contributed by atoms with E-state index in [1.807, 2.05) is 6.92 Å². The molecule has 1 fully saturated rings. The minimum absolute atomic E-state index is 0.406. The minimum Gasteiger partial charge on any atom is -0.306 e. The van der Waals surface area contributed by atoms with E-state index in [9.17, 15) is 0 Å². The Morgan fingerprint density at radius 2 is 2.25 bits per heavy atom. The fraction of sp³-hybridized carbons (Fsp3) is 0.833. The molecule has 1 aromatic heterocycles. The number of aromatic amines is 1. The van der Waals surface area contributed by atoms with Crippen LogP contribution in [0.1, 0.15) is 51.2 Å². The summed E-state index contributed by atoms with van der Waals surface area (Å²) in [4.78, 5) is 4.31. The number of hydrogen-bond donors (Lipinski definition) is 2. The van der Waals surface area contributed by atoms with Crippen LogP contribution in [-0.4, -0.2) is 21.2 Å². The van der Waals surface area contributed by atoms with Crippen LogP contribution in [0.3, 0.4) is 0 Å². The summed E-state index contributed by atoms with van der Waals surface area (Å²) in [5.74, 6) is 1.76. The first-order valence-electron chi connectivity index (χ1n) is 6.19. The second-order valence-electron chi connectivity index (χ2n) is 5.50. The number of aromatic nitrogens is 3. The molecule has 1 heterocycles. The van der Waals surface area contributed by atoms with Gasteiger partial charge in [0.25, 0.3) is 0 Å². The first-order valence-corrected chi connectivity index (χ1v) is 6.19. The summed E-state index contributed by atoms with van der Waals surface area (Å²) < 4.78 is 0. The normalized spacial score (nSPS) is 24.6. The number of hydrogen-bond acceptors (Lipinski definition) is 3. The van der Waals surface area contributed by atoms with Crippen molar-refractivity contribution in [1.29, 1.82) is 0 Å².